The van der Waals surface area contributed by atoms with Gasteiger partial charge in [0, 0.05) is 35.5 Å². The molecule has 1 saturated heterocycles. The van der Waals surface area contributed by atoms with E-state index in [4.69, 9.17) is 4.74 Å². The molecule has 172 valence electrons. The summed E-state index contributed by atoms with van der Waals surface area (Å²) in [7, 11) is 1.67. The lowest BCUT2D eigenvalue weighted by atomic mass is 9.76. The SMILES string of the molecule is COc1ccccc1C1CN2C(=O)CN(CCC(C)C)C(=O)[C@]2(C)c2[nH]c3ccccc3c21. The Morgan fingerprint density at radius 1 is 1.12 bits per heavy atom. The maximum atomic E-state index is 13.9. The van der Waals surface area contributed by atoms with Gasteiger partial charge < -0.3 is 19.5 Å². The maximum absolute atomic E-state index is 13.9. The Morgan fingerprint density at radius 3 is 2.61 bits per heavy atom. The van der Waals surface area contributed by atoms with E-state index < -0.39 is 5.54 Å². The third kappa shape index (κ3) is 3.23. The van der Waals surface area contributed by atoms with Crippen LogP contribution in [-0.4, -0.2) is 53.3 Å². The number of rotatable bonds is 5. The zero-order chi connectivity index (χ0) is 23.3. The van der Waals surface area contributed by atoms with Crippen molar-refractivity contribution < 1.29 is 14.3 Å². The van der Waals surface area contributed by atoms with Crippen molar-refractivity contribution in [2.24, 2.45) is 5.92 Å². The molecule has 0 bridgehead atoms. The van der Waals surface area contributed by atoms with Crippen LogP contribution in [0.4, 0.5) is 0 Å². The number of piperazine rings is 1. The second-order valence-electron chi connectivity index (χ2n) is 9.74. The monoisotopic (exact) mass is 445 g/mol. The molecule has 0 saturated carbocycles. The summed E-state index contributed by atoms with van der Waals surface area (Å²) in [4.78, 5) is 34.5. The number of fused-ring (bicyclic) bond motifs is 5. The first-order chi connectivity index (χ1) is 15.9. The molecule has 0 aliphatic carbocycles. The molecule has 0 spiro atoms. The molecule has 0 radical (unpaired) electrons. The number of benzene rings is 2. The predicted octanol–water partition coefficient (Wildman–Crippen LogP) is 4.25. The molecule has 5 rings (SSSR count). The van der Waals surface area contributed by atoms with Crippen LogP contribution in [0, 0.1) is 5.92 Å². The number of hydrogen-bond donors (Lipinski definition) is 1. The zero-order valence-corrected chi connectivity index (χ0v) is 19.7. The van der Waals surface area contributed by atoms with Crippen molar-refractivity contribution in [1.29, 1.82) is 0 Å². The van der Waals surface area contributed by atoms with Crippen LogP contribution in [0.3, 0.4) is 0 Å². The molecule has 2 aromatic carbocycles. The van der Waals surface area contributed by atoms with Crippen LogP contribution in [0.15, 0.2) is 48.5 Å². The molecule has 2 atom stereocenters. The third-order valence-electron chi connectivity index (χ3n) is 7.31. The molecule has 2 amide bonds. The van der Waals surface area contributed by atoms with Gasteiger partial charge in [-0.05, 0) is 37.0 Å². The molecule has 3 aromatic rings. The lowest BCUT2D eigenvalue weighted by molar-refractivity contribution is -0.166. The fourth-order valence-corrected chi connectivity index (χ4v) is 5.51. The molecule has 2 aliphatic rings. The van der Waals surface area contributed by atoms with Gasteiger partial charge in [0.25, 0.3) is 5.91 Å². The van der Waals surface area contributed by atoms with Crippen LogP contribution in [0.2, 0.25) is 0 Å². The topological polar surface area (TPSA) is 65.6 Å². The molecule has 1 N–H and O–H groups in total. The van der Waals surface area contributed by atoms with Crippen LogP contribution in [-0.2, 0) is 15.1 Å². The number of carbonyl (C=O) groups is 2. The van der Waals surface area contributed by atoms with Crippen molar-refractivity contribution in [3.63, 3.8) is 0 Å². The maximum Gasteiger partial charge on any atom is 0.254 e. The summed E-state index contributed by atoms with van der Waals surface area (Å²) in [6.45, 7) is 7.35. The van der Waals surface area contributed by atoms with Gasteiger partial charge in [-0.2, -0.15) is 0 Å². The van der Waals surface area contributed by atoms with Gasteiger partial charge in [-0.15, -0.1) is 0 Å². The van der Waals surface area contributed by atoms with E-state index in [9.17, 15) is 9.59 Å². The minimum Gasteiger partial charge on any atom is -0.496 e. The number of aromatic amines is 1. The lowest BCUT2D eigenvalue weighted by Gasteiger charge is -2.51. The van der Waals surface area contributed by atoms with Gasteiger partial charge >= 0.3 is 0 Å². The summed E-state index contributed by atoms with van der Waals surface area (Å²) in [5.74, 6) is 1.14. The fourth-order valence-electron chi connectivity index (χ4n) is 5.51. The summed E-state index contributed by atoms with van der Waals surface area (Å²) in [6, 6.07) is 16.1. The summed E-state index contributed by atoms with van der Waals surface area (Å²) in [6.07, 6.45) is 0.874. The van der Waals surface area contributed by atoms with Crippen LogP contribution >= 0.6 is 0 Å². The molecule has 1 unspecified atom stereocenters. The van der Waals surface area contributed by atoms with E-state index in [0.717, 1.165) is 39.9 Å². The Bertz CT molecular complexity index is 1230. The number of methoxy groups -OCH3 is 1. The smallest absolute Gasteiger partial charge is 0.254 e. The Morgan fingerprint density at radius 2 is 1.85 bits per heavy atom. The quantitative estimate of drug-likeness (QED) is 0.638. The highest BCUT2D eigenvalue weighted by Crippen LogP contribution is 2.49. The second kappa shape index (κ2) is 7.94. The predicted molar refractivity (Wildman–Crippen MR) is 128 cm³/mol. The molecule has 1 aromatic heterocycles. The minimum absolute atomic E-state index is 0.00553. The molecule has 6 nitrogen and oxygen atoms in total. The summed E-state index contributed by atoms with van der Waals surface area (Å²) in [5.41, 5.74) is 2.85. The van der Waals surface area contributed by atoms with E-state index in [2.05, 4.69) is 31.0 Å². The van der Waals surface area contributed by atoms with Crippen molar-refractivity contribution in [1.82, 2.24) is 14.8 Å². The Hall–Kier alpha value is -3.28. The van der Waals surface area contributed by atoms with Gasteiger partial charge in [-0.1, -0.05) is 50.2 Å². The van der Waals surface area contributed by atoms with Crippen LogP contribution in [0.25, 0.3) is 10.9 Å². The van der Waals surface area contributed by atoms with Gasteiger partial charge in [0.15, 0.2) is 5.54 Å². The number of H-pyrrole nitrogens is 1. The van der Waals surface area contributed by atoms with E-state index in [1.54, 1.807) is 16.9 Å². The van der Waals surface area contributed by atoms with E-state index in [1.165, 1.54) is 0 Å². The highest BCUT2D eigenvalue weighted by molar-refractivity contribution is 6.01. The van der Waals surface area contributed by atoms with Crippen LogP contribution < -0.4 is 4.74 Å². The van der Waals surface area contributed by atoms with Crippen molar-refractivity contribution >= 4 is 22.7 Å². The highest BCUT2D eigenvalue weighted by atomic mass is 16.5. The van der Waals surface area contributed by atoms with Gasteiger partial charge in [0.05, 0.1) is 19.3 Å². The Balaban J connectivity index is 1.71. The molecular weight excluding hydrogens is 414 g/mol. The van der Waals surface area contributed by atoms with Gasteiger partial charge in [-0.3, -0.25) is 9.59 Å². The number of carbonyl (C=O) groups excluding carboxylic acids is 2. The van der Waals surface area contributed by atoms with Gasteiger partial charge in [0.1, 0.15) is 5.75 Å². The van der Waals surface area contributed by atoms with Gasteiger partial charge in [-0.25, -0.2) is 0 Å². The first kappa shape index (κ1) is 21.6. The number of nitrogens with one attached hydrogen (secondary N) is 1. The normalized spacial score (nSPS) is 22.6. The van der Waals surface area contributed by atoms with Crippen LogP contribution in [0.1, 0.15) is 49.9 Å². The van der Waals surface area contributed by atoms with Crippen LogP contribution in [0.5, 0.6) is 5.75 Å². The highest BCUT2D eigenvalue weighted by Gasteiger charge is 2.56. The molecule has 6 heteroatoms. The summed E-state index contributed by atoms with van der Waals surface area (Å²) in [5, 5.41) is 1.09. The van der Waals surface area contributed by atoms with E-state index in [0.29, 0.717) is 19.0 Å². The number of ether oxygens (including phenoxy) is 1. The number of amides is 2. The molecule has 2 aliphatic heterocycles. The van der Waals surface area contributed by atoms with E-state index in [-0.39, 0.29) is 24.3 Å². The molecule has 33 heavy (non-hydrogen) atoms. The van der Waals surface area contributed by atoms with Crippen molar-refractivity contribution in [2.45, 2.75) is 38.6 Å². The summed E-state index contributed by atoms with van der Waals surface area (Å²) < 4.78 is 5.69. The Labute approximate surface area is 194 Å². The Kier molecular flexibility index (Phi) is 5.19. The minimum atomic E-state index is -1.06. The molecule has 1 fully saturated rings. The second-order valence-corrected chi connectivity index (χ2v) is 9.74. The first-order valence-electron chi connectivity index (χ1n) is 11.7. The number of hydrogen-bond acceptors (Lipinski definition) is 3. The molecule has 3 heterocycles. The first-order valence-corrected chi connectivity index (χ1v) is 11.7. The fraction of sp³-hybridized carbons (Fsp3) is 0.407. The van der Waals surface area contributed by atoms with E-state index >= 15 is 0 Å². The largest absolute Gasteiger partial charge is 0.496 e. The molecular formula is C27H31N3O3. The van der Waals surface area contributed by atoms with Crippen molar-refractivity contribution in [3.05, 3.63) is 65.4 Å². The zero-order valence-electron chi connectivity index (χ0n) is 19.7. The standard InChI is InChI=1S/C27H31N3O3/c1-17(2)13-14-29-16-23(31)30-15-20(18-9-6-8-12-22(18)33-4)24-19-10-5-7-11-21(19)28-25(24)27(30,3)26(29)32/h5-12,17,20,28H,13-16H2,1-4H3/t20?,27-/m0/s1. The third-order valence-corrected chi connectivity index (χ3v) is 7.31. The number of aromatic nitrogens is 1. The van der Waals surface area contributed by atoms with Gasteiger partial charge in [0.2, 0.25) is 5.91 Å². The average Bonchev–Trinajstić information content (AvgIpc) is 3.21. The van der Waals surface area contributed by atoms with Crippen molar-refractivity contribution in [3.8, 4) is 5.75 Å². The van der Waals surface area contributed by atoms with E-state index in [1.807, 2.05) is 43.3 Å². The summed E-state index contributed by atoms with van der Waals surface area (Å²) >= 11 is 0. The lowest BCUT2D eigenvalue weighted by Crippen LogP contribution is -2.67. The number of para-hydroxylation sites is 2. The van der Waals surface area contributed by atoms with Crippen molar-refractivity contribution in [2.75, 3.05) is 26.7 Å². The number of nitrogens with zero attached hydrogens (tertiary/aromatic N) is 2. The average molecular weight is 446 g/mol.